The van der Waals surface area contributed by atoms with E-state index < -0.39 is 0 Å². The van der Waals surface area contributed by atoms with Crippen LogP contribution in [0.2, 0.25) is 0 Å². The molecule has 1 aliphatic heterocycles. The number of carbonyl (C=O) groups excluding carboxylic acids is 1. The topological polar surface area (TPSA) is 41.6 Å². The third kappa shape index (κ3) is 4.62. The van der Waals surface area contributed by atoms with Crippen molar-refractivity contribution in [1.82, 2.24) is 10.2 Å². The molecule has 0 bridgehead atoms. The van der Waals surface area contributed by atoms with Gasteiger partial charge in [0.2, 0.25) is 5.91 Å². The number of hydrogen-bond acceptors (Lipinski definition) is 3. The van der Waals surface area contributed by atoms with Gasteiger partial charge in [-0.2, -0.15) is 0 Å². The van der Waals surface area contributed by atoms with Crippen molar-refractivity contribution in [2.24, 2.45) is 0 Å². The van der Waals surface area contributed by atoms with E-state index in [1.165, 1.54) is 0 Å². The van der Waals surface area contributed by atoms with E-state index in [0.29, 0.717) is 12.6 Å². The Bertz CT molecular complexity index is 207. The number of amides is 1. The van der Waals surface area contributed by atoms with Crippen LogP contribution < -0.4 is 5.32 Å². The average Bonchev–Trinajstić information content (AvgIpc) is 2.16. The van der Waals surface area contributed by atoms with Crippen molar-refractivity contribution in [1.29, 1.82) is 0 Å². The molecule has 0 aromatic carbocycles. The van der Waals surface area contributed by atoms with E-state index >= 15 is 0 Å². The molecule has 1 rings (SSSR count). The number of morpholine rings is 1. The third-order valence-electron chi connectivity index (χ3n) is 2.50. The van der Waals surface area contributed by atoms with Crippen LogP contribution in [0, 0.1) is 0 Å². The van der Waals surface area contributed by atoms with Crippen LogP contribution in [0.15, 0.2) is 0 Å². The fraction of sp³-hybridized carbons (Fsp3) is 0.909. The Morgan fingerprint density at radius 1 is 1.60 bits per heavy atom. The summed E-state index contributed by atoms with van der Waals surface area (Å²) in [5.41, 5.74) is 0. The molecule has 1 N–H and O–H groups in total. The molecule has 1 aliphatic rings. The van der Waals surface area contributed by atoms with Gasteiger partial charge in [0.1, 0.15) is 0 Å². The first kappa shape index (κ1) is 12.5. The molecule has 0 radical (unpaired) electrons. The molecule has 0 aromatic rings. The second-order valence-electron chi connectivity index (χ2n) is 4.36. The number of ether oxygens (including phenoxy) is 1. The zero-order valence-electron chi connectivity index (χ0n) is 9.95. The highest BCUT2D eigenvalue weighted by atomic mass is 16.5. The van der Waals surface area contributed by atoms with Gasteiger partial charge in [0.15, 0.2) is 0 Å². The summed E-state index contributed by atoms with van der Waals surface area (Å²) in [6.07, 6.45) is 1.31. The monoisotopic (exact) mass is 214 g/mol. The summed E-state index contributed by atoms with van der Waals surface area (Å²) in [7, 11) is 0. The largest absolute Gasteiger partial charge is 0.376 e. The molecule has 4 nitrogen and oxygen atoms in total. The molecule has 88 valence electrons. The molecule has 0 unspecified atom stereocenters. The number of hydrogen-bond donors (Lipinski definition) is 1. The van der Waals surface area contributed by atoms with E-state index in [1.54, 1.807) is 0 Å². The molecule has 1 atom stereocenters. The van der Waals surface area contributed by atoms with Gasteiger partial charge in [-0.25, -0.2) is 0 Å². The van der Waals surface area contributed by atoms with E-state index in [9.17, 15) is 4.79 Å². The lowest BCUT2D eigenvalue weighted by atomic mass is 10.2. The van der Waals surface area contributed by atoms with E-state index in [-0.39, 0.29) is 11.9 Å². The smallest absolute Gasteiger partial charge is 0.234 e. The van der Waals surface area contributed by atoms with E-state index in [1.807, 2.05) is 13.8 Å². The highest BCUT2D eigenvalue weighted by molar-refractivity contribution is 5.78. The summed E-state index contributed by atoms with van der Waals surface area (Å²) in [6.45, 7) is 9.05. The van der Waals surface area contributed by atoms with Crippen molar-refractivity contribution in [2.45, 2.75) is 39.3 Å². The zero-order chi connectivity index (χ0) is 11.3. The van der Waals surface area contributed by atoms with Crippen LogP contribution in [-0.4, -0.2) is 49.2 Å². The van der Waals surface area contributed by atoms with Gasteiger partial charge in [0.25, 0.3) is 0 Å². The van der Waals surface area contributed by atoms with Gasteiger partial charge in [-0.05, 0) is 20.3 Å². The van der Waals surface area contributed by atoms with E-state index in [4.69, 9.17) is 4.74 Å². The summed E-state index contributed by atoms with van der Waals surface area (Å²) in [4.78, 5) is 13.7. The Kier molecular flexibility index (Phi) is 5.05. The fourth-order valence-corrected chi connectivity index (χ4v) is 1.74. The van der Waals surface area contributed by atoms with Gasteiger partial charge in [0, 0.05) is 19.1 Å². The van der Waals surface area contributed by atoms with Gasteiger partial charge in [-0.1, -0.05) is 6.92 Å². The Balaban J connectivity index is 2.28. The summed E-state index contributed by atoms with van der Waals surface area (Å²) in [6, 6.07) is 0.223. The third-order valence-corrected chi connectivity index (χ3v) is 2.50. The second kappa shape index (κ2) is 6.08. The number of nitrogens with zero attached hydrogens (tertiary/aromatic N) is 1. The maximum Gasteiger partial charge on any atom is 0.234 e. The molecule has 1 amide bonds. The van der Waals surface area contributed by atoms with Crippen molar-refractivity contribution in [3.8, 4) is 0 Å². The van der Waals surface area contributed by atoms with Crippen molar-refractivity contribution in [2.75, 3.05) is 26.2 Å². The first-order valence-electron chi connectivity index (χ1n) is 5.75. The molecule has 1 fully saturated rings. The number of carbonyl (C=O) groups is 1. The number of nitrogens with one attached hydrogen (secondary N) is 1. The molecule has 1 heterocycles. The van der Waals surface area contributed by atoms with Crippen molar-refractivity contribution >= 4 is 5.91 Å². The SMILES string of the molecule is CC[C@@H]1CN(CC(=O)NC(C)C)CCO1. The molecule has 15 heavy (non-hydrogen) atoms. The maximum atomic E-state index is 11.5. The van der Waals surface area contributed by atoms with Crippen molar-refractivity contribution in [3.63, 3.8) is 0 Å². The number of rotatable bonds is 4. The van der Waals surface area contributed by atoms with Crippen molar-refractivity contribution in [3.05, 3.63) is 0 Å². The average molecular weight is 214 g/mol. The summed E-state index contributed by atoms with van der Waals surface area (Å²) in [5.74, 6) is 0.113. The summed E-state index contributed by atoms with van der Waals surface area (Å²) < 4.78 is 5.55. The molecule has 0 spiro atoms. The van der Waals surface area contributed by atoms with E-state index in [2.05, 4.69) is 17.1 Å². The minimum Gasteiger partial charge on any atom is -0.376 e. The summed E-state index contributed by atoms with van der Waals surface area (Å²) in [5, 5.41) is 2.90. The fourth-order valence-electron chi connectivity index (χ4n) is 1.74. The van der Waals surface area contributed by atoms with Crippen LogP contribution in [0.1, 0.15) is 27.2 Å². The predicted molar refractivity (Wildman–Crippen MR) is 59.7 cm³/mol. The quantitative estimate of drug-likeness (QED) is 0.746. The van der Waals surface area contributed by atoms with E-state index in [0.717, 1.165) is 26.1 Å². The molecule has 0 aromatic heterocycles. The molecule has 1 saturated heterocycles. The lowest BCUT2D eigenvalue weighted by Gasteiger charge is -2.32. The Morgan fingerprint density at radius 3 is 2.93 bits per heavy atom. The van der Waals surface area contributed by atoms with Crippen LogP contribution >= 0.6 is 0 Å². The molecule has 0 aliphatic carbocycles. The van der Waals surface area contributed by atoms with Crippen LogP contribution in [0.5, 0.6) is 0 Å². The van der Waals surface area contributed by atoms with Crippen LogP contribution in [-0.2, 0) is 9.53 Å². The lowest BCUT2D eigenvalue weighted by Crippen LogP contribution is -2.47. The Hall–Kier alpha value is -0.610. The molecular formula is C11H22N2O2. The first-order chi connectivity index (χ1) is 7.11. The Morgan fingerprint density at radius 2 is 2.33 bits per heavy atom. The normalized spacial score (nSPS) is 23.1. The van der Waals surface area contributed by atoms with Crippen molar-refractivity contribution < 1.29 is 9.53 Å². The van der Waals surface area contributed by atoms with Gasteiger partial charge >= 0.3 is 0 Å². The minimum absolute atomic E-state index is 0.113. The zero-order valence-corrected chi connectivity index (χ0v) is 9.95. The standard InChI is InChI=1S/C11H22N2O2/c1-4-10-7-13(5-6-15-10)8-11(14)12-9(2)3/h9-10H,4-8H2,1-3H3,(H,12,14)/t10-/m1/s1. The predicted octanol–water partition coefficient (Wildman–Crippen LogP) is 0.622. The molecule has 4 heteroatoms. The molecular weight excluding hydrogens is 192 g/mol. The van der Waals surface area contributed by atoms with Gasteiger partial charge in [-0.3, -0.25) is 9.69 Å². The van der Waals surface area contributed by atoms with Gasteiger partial charge < -0.3 is 10.1 Å². The van der Waals surface area contributed by atoms with Crippen LogP contribution in [0.25, 0.3) is 0 Å². The summed E-state index contributed by atoms with van der Waals surface area (Å²) >= 11 is 0. The highest BCUT2D eigenvalue weighted by Crippen LogP contribution is 2.07. The Labute approximate surface area is 92.0 Å². The first-order valence-corrected chi connectivity index (χ1v) is 5.75. The van der Waals surface area contributed by atoms with Gasteiger partial charge in [0.05, 0.1) is 19.3 Å². The molecule has 0 saturated carbocycles. The highest BCUT2D eigenvalue weighted by Gasteiger charge is 2.20. The minimum atomic E-state index is 0.113. The van der Waals surface area contributed by atoms with Crippen LogP contribution in [0.4, 0.5) is 0 Å². The maximum absolute atomic E-state index is 11.5. The second-order valence-corrected chi connectivity index (χ2v) is 4.36. The van der Waals surface area contributed by atoms with Crippen LogP contribution in [0.3, 0.4) is 0 Å². The van der Waals surface area contributed by atoms with Gasteiger partial charge in [-0.15, -0.1) is 0 Å². The lowest BCUT2D eigenvalue weighted by molar-refractivity contribution is -0.124.